The molecule has 2 fully saturated rings. The average Bonchev–Trinajstić information content (AvgIpc) is 2.93. The summed E-state index contributed by atoms with van der Waals surface area (Å²) in [7, 11) is 0. The summed E-state index contributed by atoms with van der Waals surface area (Å²) in [5, 5.41) is 13.9. The maximum absolute atomic E-state index is 12.3. The molecule has 2 atom stereocenters. The van der Waals surface area contributed by atoms with E-state index in [1.54, 1.807) is 17.9 Å². The lowest BCUT2D eigenvalue weighted by Gasteiger charge is -2.56. The number of amides is 1. The molecule has 0 aromatic carbocycles. The summed E-state index contributed by atoms with van der Waals surface area (Å²) >= 11 is 0. The van der Waals surface area contributed by atoms with E-state index in [0.717, 1.165) is 12.8 Å². The summed E-state index contributed by atoms with van der Waals surface area (Å²) in [5.41, 5.74) is 0.200. The molecular formula is C15H22N2O4. The molecule has 1 spiro atoms. The molecule has 6 heteroatoms. The smallest absolute Gasteiger partial charge is 0.276 e. The molecular weight excluding hydrogens is 272 g/mol. The van der Waals surface area contributed by atoms with Gasteiger partial charge in [0, 0.05) is 37.6 Å². The van der Waals surface area contributed by atoms with Crippen molar-refractivity contribution in [3.63, 3.8) is 0 Å². The van der Waals surface area contributed by atoms with Crippen LogP contribution in [-0.2, 0) is 4.74 Å². The first kappa shape index (κ1) is 14.5. The predicted octanol–water partition coefficient (Wildman–Crippen LogP) is 1.38. The number of aromatic nitrogens is 1. The number of ether oxygens (including phenoxy) is 1. The van der Waals surface area contributed by atoms with Crippen molar-refractivity contribution in [2.75, 3.05) is 19.7 Å². The first-order valence-corrected chi connectivity index (χ1v) is 7.59. The van der Waals surface area contributed by atoms with E-state index < -0.39 is 0 Å². The molecule has 1 N–H and O–H groups in total. The molecule has 2 aliphatic rings. The van der Waals surface area contributed by atoms with Crippen molar-refractivity contribution in [2.24, 2.45) is 5.41 Å². The summed E-state index contributed by atoms with van der Waals surface area (Å²) in [5.74, 6) is 0.543. The van der Waals surface area contributed by atoms with Gasteiger partial charge < -0.3 is 19.3 Å². The first-order chi connectivity index (χ1) is 10.1. The van der Waals surface area contributed by atoms with Gasteiger partial charge in [0.1, 0.15) is 5.76 Å². The maximum Gasteiger partial charge on any atom is 0.276 e. The number of hydrogen-bond donors (Lipinski definition) is 1. The van der Waals surface area contributed by atoms with Crippen molar-refractivity contribution in [2.45, 2.75) is 45.3 Å². The Morgan fingerprint density at radius 2 is 2.29 bits per heavy atom. The van der Waals surface area contributed by atoms with Crippen LogP contribution in [0, 0.1) is 12.3 Å². The lowest BCUT2D eigenvalue weighted by atomic mass is 9.58. The highest BCUT2D eigenvalue weighted by atomic mass is 16.5. The molecule has 3 rings (SSSR count). The van der Waals surface area contributed by atoms with Crippen molar-refractivity contribution in [1.29, 1.82) is 0 Å². The summed E-state index contributed by atoms with van der Waals surface area (Å²) in [4.78, 5) is 14.1. The monoisotopic (exact) mass is 294 g/mol. The molecule has 6 nitrogen and oxygen atoms in total. The fourth-order valence-corrected chi connectivity index (χ4v) is 3.57. The molecule has 0 bridgehead atoms. The fourth-order valence-electron chi connectivity index (χ4n) is 3.57. The van der Waals surface area contributed by atoms with Crippen LogP contribution in [0.1, 0.15) is 42.4 Å². The Morgan fingerprint density at radius 1 is 1.57 bits per heavy atom. The number of aliphatic hydroxyl groups is 1. The van der Waals surface area contributed by atoms with Gasteiger partial charge in [-0.2, -0.15) is 0 Å². The number of piperidine rings is 1. The molecule has 116 valence electrons. The van der Waals surface area contributed by atoms with Gasteiger partial charge in [-0.05, 0) is 26.7 Å². The van der Waals surface area contributed by atoms with E-state index in [1.165, 1.54) is 0 Å². The van der Waals surface area contributed by atoms with Crippen LogP contribution in [0.15, 0.2) is 10.6 Å². The lowest BCUT2D eigenvalue weighted by Crippen LogP contribution is -2.62. The highest BCUT2D eigenvalue weighted by Crippen LogP contribution is 2.51. The number of carbonyl (C=O) groups is 1. The number of carbonyl (C=O) groups excluding carboxylic acids is 1. The highest BCUT2D eigenvalue weighted by Gasteiger charge is 2.56. The van der Waals surface area contributed by atoms with Crippen molar-refractivity contribution in [3.05, 3.63) is 17.5 Å². The quantitative estimate of drug-likeness (QED) is 0.911. The molecule has 1 amide bonds. The van der Waals surface area contributed by atoms with Gasteiger partial charge in [-0.15, -0.1) is 0 Å². The van der Waals surface area contributed by atoms with Gasteiger partial charge in [-0.25, -0.2) is 0 Å². The fraction of sp³-hybridized carbons (Fsp3) is 0.733. The Labute approximate surface area is 124 Å². The molecule has 1 aliphatic carbocycles. The minimum atomic E-state index is -0.305. The third kappa shape index (κ3) is 2.36. The summed E-state index contributed by atoms with van der Waals surface area (Å²) in [6, 6.07) is 1.66. The largest absolute Gasteiger partial charge is 0.392 e. The van der Waals surface area contributed by atoms with Crippen LogP contribution in [0.4, 0.5) is 0 Å². The van der Waals surface area contributed by atoms with Crippen LogP contribution in [0.3, 0.4) is 0 Å². The number of aliphatic hydroxyl groups excluding tert-OH is 1. The third-order valence-electron chi connectivity index (χ3n) is 4.94. The second-order valence-electron chi connectivity index (χ2n) is 6.04. The van der Waals surface area contributed by atoms with Gasteiger partial charge in [0.05, 0.1) is 12.2 Å². The molecule has 1 aromatic rings. The number of likely N-dealkylation sites (tertiary alicyclic amines) is 1. The third-order valence-corrected chi connectivity index (χ3v) is 4.94. The van der Waals surface area contributed by atoms with Gasteiger partial charge in [0.15, 0.2) is 5.69 Å². The van der Waals surface area contributed by atoms with Gasteiger partial charge in [-0.3, -0.25) is 4.79 Å². The number of hydrogen-bond acceptors (Lipinski definition) is 5. The van der Waals surface area contributed by atoms with E-state index in [2.05, 4.69) is 5.16 Å². The van der Waals surface area contributed by atoms with E-state index in [4.69, 9.17) is 9.26 Å². The first-order valence-electron chi connectivity index (χ1n) is 7.59. The van der Waals surface area contributed by atoms with E-state index in [9.17, 15) is 9.90 Å². The summed E-state index contributed by atoms with van der Waals surface area (Å²) in [6.45, 7) is 5.67. The minimum Gasteiger partial charge on any atom is -0.392 e. The second kappa shape index (κ2) is 5.42. The number of rotatable bonds is 3. The predicted molar refractivity (Wildman–Crippen MR) is 74.8 cm³/mol. The average molecular weight is 294 g/mol. The van der Waals surface area contributed by atoms with Gasteiger partial charge in [0.2, 0.25) is 0 Å². The Morgan fingerprint density at radius 3 is 2.81 bits per heavy atom. The Hall–Kier alpha value is -1.40. The van der Waals surface area contributed by atoms with Crippen LogP contribution in [0.2, 0.25) is 0 Å². The molecule has 21 heavy (non-hydrogen) atoms. The zero-order valence-corrected chi connectivity index (χ0v) is 12.5. The molecule has 1 saturated heterocycles. The van der Waals surface area contributed by atoms with Crippen LogP contribution in [-0.4, -0.2) is 53.0 Å². The van der Waals surface area contributed by atoms with Crippen molar-refractivity contribution in [3.8, 4) is 0 Å². The van der Waals surface area contributed by atoms with Crippen LogP contribution >= 0.6 is 0 Å². The number of nitrogens with zero attached hydrogens (tertiary/aromatic N) is 2. The van der Waals surface area contributed by atoms with Gasteiger partial charge >= 0.3 is 0 Å². The van der Waals surface area contributed by atoms with E-state index >= 15 is 0 Å². The molecule has 0 radical (unpaired) electrons. The Kier molecular flexibility index (Phi) is 3.75. The zero-order valence-electron chi connectivity index (χ0n) is 12.5. The standard InChI is InChI=1S/C15H22N2O4/c1-3-20-13-9-12(18)15(13)4-6-17(7-5-15)14(19)11-8-10(2)21-16-11/h8,12-13,18H,3-7,9H2,1-2H3/t12-,13-/m0/s1. The molecule has 2 heterocycles. The molecule has 1 aromatic heterocycles. The van der Waals surface area contributed by atoms with Crippen molar-refractivity contribution < 1.29 is 19.2 Å². The normalized spacial score (nSPS) is 27.7. The van der Waals surface area contributed by atoms with Crippen molar-refractivity contribution >= 4 is 5.91 Å². The lowest BCUT2D eigenvalue weighted by molar-refractivity contribution is -0.207. The maximum atomic E-state index is 12.3. The number of aryl methyl sites for hydroxylation is 1. The molecule has 1 aliphatic heterocycles. The Bertz CT molecular complexity index is 517. The topological polar surface area (TPSA) is 75.8 Å². The van der Waals surface area contributed by atoms with Crippen molar-refractivity contribution in [1.82, 2.24) is 10.1 Å². The Balaban J connectivity index is 1.63. The minimum absolute atomic E-state index is 0.0940. The SMILES string of the molecule is CCO[C@H]1C[C@H](O)C12CCN(C(=O)c1cc(C)on1)CC2. The molecule has 0 unspecified atom stereocenters. The molecule has 1 saturated carbocycles. The van der Waals surface area contributed by atoms with Crippen LogP contribution < -0.4 is 0 Å². The van der Waals surface area contributed by atoms with E-state index in [0.29, 0.717) is 37.6 Å². The van der Waals surface area contributed by atoms with Gasteiger partial charge in [0.25, 0.3) is 5.91 Å². The van der Waals surface area contributed by atoms with Gasteiger partial charge in [-0.1, -0.05) is 5.16 Å². The highest BCUT2D eigenvalue weighted by molar-refractivity contribution is 5.92. The zero-order chi connectivity index (χ0) is 15.0. The van der Waals surface area contributed by atoms with Crippen LogP contribution in [0.25, 0.3) is 0 Å². The summed E-state index contributed by atoms with van der Waals surface area (Å²) in [6.07, 6.45) is 2.09. The van der Waals surface area contributed by atoms with E-state index in [1.807, 2.05) is 6.92 Å². The second-order valence-corrected chi connectivity index (χ2v) is 6.04. The van der Waals surface area contributed by atoms with Crippen LogP contribution in [0.5, 0.6) is 0 Å². The van der Waals surface area contributed by atoms with E-state index in [-0.39, 0.29) is 23.5 Å². The summed E-state index contributed by atoms with van der Waals surface area (Å²) < 4.78 is 10.7.